The molecule has 0 saturated carbocycles. The van der Waals surface area contributed by atoms with Gasteiger partial charge < -0.3 is 14.3 Å². The lowest BCUT2D eigenvalue weighted by Gasteiger charge is -2.15. The molecule has 1 atom stereocenters. The Kier molecular flexibility index (Phi) is 6.50. The maximum Gasteiger partial charge on any atom is 0.416 e. The smallest absolute Gasteiger partial charge is 0.416 e. The molecule has 1 aliphatic rings. The highest BCUT2D eigenvalue weighted by atomic mass is 19.4. The van der Waals surface area contributed by atoms with Crippen LogP contribution in [0.1, 0.15) is 27.9 Å². The van der Waals surface area contributed by atoms with Crippen molar-refractivity contribution in [3.05, 3.63) is 77.4 Å². The molecule has 4 rings (SSSR count). The van der Waals surface area contributed by atoms with Gasteiger partial charge in [0.15, 0.2) is 0 Å². The summed E-state index contributed by atoms with van der Waals surface area (Å²) in [6.45, 7) is 0.637. The third-order valence-corrected chi connectivity index (χ3v) is 5.30. The van der Waals surface area contributed by atoms with E-state index in [9.17, 15) is 22.8 Å². The molecule has 0 bridgehead atoms. The van der Waals surface area contributed by atoms with E-state index in [0.717, 1.165) is 17.5 Å². The number of halogens is 3. The van der Waals surface area contributed by atoms with Crippen molar-refractivity contribution < 1.29 is 37.1 Å². The molecule has 0 aliphatic carbocycles. The lowest BCUT2D eigenvalue weighted by Crippen LogP contribution is -2.31. The van der Waals surface area contributed by atoms with Gasteiger partial charge in [-0.3, -0.25) is 4.79 Å². The number of amides is 1. The first-order chi connectivity index (χ1) is 15.8. The number of alkyl halides is 3. The predicted octanol–water partition coefficient (Wildman–Crippen LogP) is 4.66. The highest BCUT2D eigenvalue weighted by Gasteiger charge is 2.30. The van der Waals surface area contributed by atoms with E-state index in [2.05, 4.69) is 5.48 Å². The average Bonchev–Trinajstić information content (AvgIpc) is 3.35. The Morgan fingerprint density at radius 3 is 2.48 bits per heavy atom. The van der Waals surface area contributed by atoms with E-state index in [1.54, 1.807) is 18.2 Å². The molecular weight excluding hydrogens is 439 g/mol. The zero-order valence-electron chi connectivity index (χ0n) is 17.4. The summed E-state index contributed by atoms with van der Waals surface area (Å²) < 4.78 is 49.4. The Bertz CT molecular complexity index is 1150. The van der Waals surface area contributed by atoms with Crippen molar-refractivity contribution in [1.29, 1.82) is 0 Å². The quantitative estimate of drug-likeness (QED) is 0.562. The molecule has 1 heterocycles. The van der Waals surface area contributed by atoms with Gasteiger partial charge in [0.1, 0.15) is 12.4 Å². The summed E-state index contributed by atoms with van der Waals surface area (Å²) in [6.07, 6.45) is -3.91. The van der Waals surface area contributed by atoms with Gasteiger partial charge in [-0.1, -0.05) is 42.5 Å². The summed E-state index contributed by atoms with van der Waals surface area (Å²) in [4.78, 5) is 29.8. The first kappa shape index (κ1) is 22.6. The minimum Gasteiger partial charge on any atom is -0.487 e. The molecule has 1 saturated heterocycles. The number of hydrogen-bond donors (Lipinski definition) is 1. The zero-order valence-corrected chi connectivity index (χ0v) is 17.4. The summed E-state index contributed by atoms with van der Waals surface area (Å²) in [5.41, 5.74) is 2.01. The molecule has 1 N–H and O–H groups in total. The molecule has 33 heavy (non-hydrogen) atoms. The summed E-state index contributed by atoms with van der Waals surface area (Å²) in [5.74, 6) is -1.48. The van der Waals surface area contributed by atoms with Crippen LogP contribution < -0.4 is 10.2 Å². The Morgan fingerprint density at radius 2 is 1.79 bits per heavy atom. The topological polar surface area (TPSA) is 73.9 Å². The number of ether oxygens (including phenoxy) is 2. The largest absolute Gasteiger partial charge is 0.487 e. The van der Waals surface area contributed by atoms with Crippen molar-refractivity contribution in [2.75, 3.05) is 13.2 Å². The lowest BCUT2D eigenvalue weighted by atomic mass is 10.0. The zero-order chi connectivity index (χ0) is 23.4. The minimum absolute atomic E-state index is 0.0639. The fourth-order valence-corrected chi connectivity index (χ4v) is 3.48. The number of rotatable bonds is 5. The monoisotopic (exact) mass is 459 g/mol. The van der Waals surface area contributed by atoms with E-state index in [1.807, 2.05) is 12.1 Å². The Balaban J connectivity index is 1.53. The number of carbonyl (C=O) groups excluding carboxylic acids is 2. The van der Waals surface area contributed by atoms with Crippen molar-refractivity contribution in [3.63, 3.8) is 0 Å². The van der Waals surface area contributed by atoms with Crippen molar-refractivity contribution >= 4 is 22.6 Å². The Hall–Kier alpha value is -3.59. The van der Waals surface area contributed by atoms with Crippen LogP contribution in [-0.2, 0) is 27.2 Å². The third kappa shape index (κ3) is 5.25. The second-order valence-electron chi connectivity index (χ2n) is 7.56. The number of fused-ring (bicyclic) bond motifs is 1. The van der Waals surface area contributed by atoms with Gasteiger partial charge in [0.2, 0.25) is 0 Å². The van der Waals surface area contributed by atoms with Gasteiger partial charge in [-0.25, -0.2) is 4.79 Å². The van der Waals surface area contributed by atoms with Crippen molar-refractivity contribution in [2.45, 2.75) is 19.2 Å². The molecule has 1 amide bonds. The minimum atomic E-state index is -4.43. The van der Waals surface area contributed by atoms with Crippen LogP contribution in [-0.4, -0.2) is 25.1 Å². The second-order valence-corrected chi connectivity index (χ2v) is 7.56. The molecule has 0 radical (unpaired) electrons. The molecule has 1 fully saturated rings. The molecule has 6 nitrogen and oxygen atoms in total. The average molecular weight is 459 g/mol. The molecule has 3 aromatic rings. The number of hydroxylamine groups is 1. The van der Waals surface area contributed by atoms with Gasteiger partial charge in [-0.2, -0.15) is 18.7 Å². The maximum atomic E-state index is 12.8. The molecular formula is C24H20F3NO5. The van der Waals surface area contributed by atoms with E-state index >= 15 is 0 Å². The van der Waals surface area contributed by atoms with E-state index in [1.165, 1.54) is 18.2 Å². The van der Waals surface area contributed by atoms with Crippen LogP contribution in [0.4, 0.5) is 13.2 Å². The summed E-state index contributed by atoms with van der Waals surface area (Å²) in [5, 5.41) is 1.43. The highest BCUT2D eigenvalue weighted by Crippen LogP contribution is 2.32. The van der Waals surface area contributed by atoms with E-state index in [-0.39, 0.29) is 24.5 Å². The molecule has 1 unspecified atom stereocenters. The Labute approximate surface area is 187 Å². The van der Waals surface area contributed by atoms with E-state index in [0.29, 0.717) is 24.0 Å². The van der Waals surface area contributed by atoms with Crippen molar-refractivity contribution in [1.82, 2.24) is 5.48 Å². The van der Waals surface area contributed by atoms with Crippen molar-refractivity contribution in [3.8, 4) is 5.75 Å². The number of carbonyl (C=O) groups is 2. The van der Waals surface area contributed by atoms with E-state index < -0.39 is 29.5 Å². The van der Waals surface area contributed by atoms with Crippen LogP contribution in [0.25, 0.3) is 10.8 Å². The van der Waals surface area contributed by atoms with Crippen LogP contribution in [0, 0.1) is 5.92 Å². The van der Waals surface area contributed by atoms with E-state index in [4.69, 9.17) is 14.3 Å². The standard InChI is InChI=1S/C24H20F3NO5/c25-24(26,27)18-8-5-15(6-9-18)13-32-21-19-4-2-1-3-16(19)7-10-20(21)22(29)28-33-23(30)17-11-12-31-14-17/h1-10,17H,11-14H2,(H,28,29). The maximum absolute atomic E-state index is 12.8. The third-order valence-electron chi connectivity index (χ3n) is 5.30. The van der Waals surface area contributed by atoms with Gasteiger partial charge >= 0.3 is 12.1 Å². The molecule has 1 aliphatic heterocycles. The fraction of sp³-hybridized carbons (Fsp3) is 0.250. The first-order valence-electron chi connectivity index (χ1n) is 10.2. The van der Waals surface area contributed by atoms with Gasteiger partial charge in [0.05, 0.1) is 23.7 Å². The van der Waals surface area contributed by atoms with Gasteiger partial charge in [-0.15, -0.1) is 0 Å². The second kappa shape index (κ2) is 9.50. The normalized spacial score (nSPS) is 15.9. The van der Waals surface area contributed by atoms with Crippen LogP contribution >= 0.6 is 0 Å². The van der Waals surface area contributed by atoms with Crippen LogP contribution in [0.2, 0.25) is 0 Å². The number of nitrogens with one attached hydrogen (secondary N) is 1. The number of benzene rings is 3. The summed E-state index contributed by atoms with van der Waals surface area (Å²) in [6, 6.07) is 15.0. The van der Waals surface area contributed by atoms with Crippen molar-refractivity contribution in [2.24, 2.45) is 5.92 Å². The summed E-state index contributed by atoms with van der Waals surface area (Å²) >= 11 is 0. The van der Waals surface area contributed by atoms with Crippen LogP contribution in [0.15, 0.2) is 60.7 Å². The molecule has 0 spiro atoms. The molecule has 3 aromatic carbocycles. The Morgan fingerprint density at radius 1 is 1.03 bits per heavy atom. The number of hydrogen-bond acceptors (Lipinski definition) is 5. The molecule has 0 aromatic heterocycles. The van der Waals surface area contributed by atoms with Gasteiger partial charge in [0.25, 0.3) is 5.91 Å². The highest BCUT2D eigenvalue weighted by molar-refractivity contribution is 6.03. The molecule has 172 valence electrons. The SMILES string of the molecule is O=C(NOC(=O)C1CCOC1)c1ccc2ccccc2c1OCc1ccc(C(F)(F)F)cc1. The summed E-state index contributed by atoms with van der Waals surface area (Å²) in [7, 11) is 0. The lowest BCUT2D eigenvalue weighted by molar-refractivity contribution is -0.154. The van der Waals surface area contributed by atoms with Gasteiger partial charge in [-0.05, 0) is 35.6 Å². The van der Waals surface area contributed by atoms with Crippen LogP contribution in [0.3, 0.4) is 0 Å². The fourth-order valence-electron chi connectivity index (χ4n) is 3.48. The predicted molar refractivity (Wildman–Crippen MR) is 112 cm³/mol. The molecule has 9 heteroatoms. The first-order valence-corrected chi connectivity index (χ1v) is 10.2. The van der Waals surface area contributed by atoms with Crippen LogP contribution in [0.5, 0.6) is 5.75 Å². The van der Waals surface area contributed by atoms with Gasteiger partial charge in [0, 0.05) is 12.0 Å².